The van der Waals surface area contributed by atoms with E-state index in [2.05, 4.69) is 107 Å². The molecular weight excluding hydrogens is 562 g/mol. The van der Waals surface area contributed by atoms with Crippen molar-refractivity contribution in [1.82, 2.24) is 24.9 Å². The fourth-order valence-corrected chi connectivity index (χ4v) is 6.27. The Morgan fingerprint density at radius 3 is 1.93 bits per heavy atom. The molecule has 0 radical (unpaired) electrons. The van der Waals surface area contributed by atoms with Gasteiger partial charge in [-0.1, -0.05) is 103 Å². The van der Waals surface area contributed by atoms with Crippen molar-refractivity contribution in [2.45, 2.75) is 0 Å². The Morgan fingerprint density at radius 1 is 0.391 bits per heavy atom. The van der Waals surface area contributed by atoms with Crippen LogP contribution in [0.4, 0.5) is 0 Å². The highest BCUT2D eigenvalue weighted by Gasteiger charge is 2.15. The fraction of sp³-hybridized carbons (Fsp3) is 0. The van der Waals surface area contributed by atoms with Gasteiger partial charge in [-0.3, -0.25) is 9.97 Å². The van der Waals surface area contributed by atoms with Gasteiger partial charge >= 0.3 is 0 Å². The van der Waals surface area contributed by atoms with Gasteiger partial charge in [0.1, 0.15) is 0 Å². The second kappa shape index (κ2) is 10.7. The van der Waals surface area contributed by atoms with E-state index in [1.807, 2.05) is 54.9 Å². The van der Waals surface area contributed by atoms with Crippen molar-refractivity contribution in [1.29, 1.82) is 0 Å². The average Bonchev–Trinajstić information content (AvgIpc) is 3.14. The average molecular weight is 588 g/mol. The Labute approximate surface area is 264 Å². The third-order valence-electron chi connectivity index (χ3n) is 8.56. The first kappa shape index (κ1) is 26.1. The third kappa shape index (κ3) is 4.45. The molecule has 9 rings (SSSR count). The van der Waals surface area contributed by atoms with Crippen LogP contribution < -0.4 is 0 Å². The number of benzene rings is 5. The first-order valence-corrected chi connectivity index (χ1v) is 15.3. The van der Waals surface area contributed by atoms with Gasteiger partial charge in [0.25, 0.3) is 0 Å². The van der Waals surface area contributed by atoms with Crippen LogP contribution in [0.3, 0.4) is 0 Å². The lowest BCUT2D eigenvalue weighted by Crippen LogP contribution is -1.96. The Bertz CT molecular complexity index is 2590. The van der Waals surface area contributed by atoms with Gasteiger partial charge in [-0.25, -0.2) is 15.0 Å². The highest BCUT2D eigenvalue weighted by atomic mass is 14.9. The van der Waals surface area contributed by atoms with Crippen LogP contribution in [-0.2, 0) is 0 Å². The van der Waals surface area contributed by atoms with Crippen LogP contribution in [0.25, 0.3) is 88.6 Å². The first-order chi connectivity index (χ1) is 22.8. The summed E-state index contributed by atoms with van der Waals surface area (Å²) in [6.45, 7) is 0. The number of pyridine rings is 3. The monoisotopic (exact) mass is 587 g/mol. The van der Waals surface area contributed by atoms with Crippen LogP contribution >= 0.6 is 0 Å². The van der Waals surface area contributed by atoms with Gasteiger partial charge in [0.05, 0.1) is 33.5 Å². The lowest BCUT2D eigenvalue weighted by molar-refractivity contribution is 1.23. The lowest BCUT2D eigenvalue weighted by atomic mass is 9.98. The SMILES string of the molecule is c1cc(-c2ccc(-c3ccc4ccc5cccnc5c4n3)cc2)cc(-c2nc(-c3cccc4cccnc34)nc3ccccc23)c1. The summed E-state index contributed by atoms with van der Waals surface area (Å²) in [6, 6.07) is 48.0. The molecule has 0 N–H and O–H groups in total. The lowest BCUT2D eigenvalue weighted by Gasteiger charge is -2.12. The van der Waals surface area contributed by atoms with E-state index in [4.69, 9.17) is 15.0 Å². The predicted octanol–water partition coefficient (Wildman–Crippen LogP) is 9.94. The van der Waals surface area contributed by atoms with E-state index in [0.29, 0.717) is 5.82 Å². The Kier molecular flexibility index (Phi) is 6.06. The molecule has 4 aromatic heterocycles. The third-order valence-corrected chi connectivity index (χ3v) is 8.56. The second-order valence-electron chi connectivity index (χ2n) is 11.4. The van der Waals surface area contributed by atoms with Crippen LogP contribution in [0, 0.1) is 0 Å². The van der Waals surface area contributed by atoms with Gasteiger partial charge in [-0.15, -0.1) is 0 Å². The van der Waals surface area contributed by atoms with Crippen molar-refractivity contribution in [3.63, 3.8) is 0 Å². The molecule has 0 unspecified atom stereocenters. The molecule has 0 aliphatic carbocycles. The Hall–Kier alpha value is -6.33. The zero-order valence-electron chi connectivity index (χ0n) is 24.7. The molecule has 0 bridgehead atoms. The van der Waals surface area contributed by atoms with Gasteiger partial charge in [-0.2, -0.15) is 0 Å². The first-order valence-electron chi connectivity index (χ1n) is 15.3. The highest BCUT2D eigenvalue weighted by molar-refractivity contribution is 6.03. The Morgan fingerprint density at radius 2 is 1.07 bits per heavy atom. The van der Waals surface area contributed by atoms with Crippen LogP contribution in [0.15, 0.2) is 152 Å². The standard InChI is InChI=1S/C41H25N5/c1-2-14-36-33(12-1)38(46-41(45-36)34-13-4-7-28-10-5-23-42-37(28)34)32-9-3-8-31(25-32)26-15-17-27(18-16-26)35-22-21-30-20-19-29-11-6-24-43-39(29)40(30)44-35/h1-25H. The quantitative estimate of drug-likeness (QED) is 0.192. The van der Waals surface area contributed by atoms with E-state index in [1.165, 1.54) is 0 Å². The van der Waals surface area contributed by atoms with Crippen LogP contribution in [0.5, 0.6) is 0 Å². The zero-order valence-corrected chi connectivity index (χ0v) is 24.7. The van der Waals surface area contributed by atoms with Crippen molar-refractivity contribution in [3.8, 4) is 45.0 Å². The molecule has 5 nitrogen and oxygen atoms in total. The normalized spacial score (nSPS) is 11.5. The summed E-state index contributed by atoms with van der Waals surface area (Å²) in [5.74, 6) is 0.665. The fourth-order valence-electron chi connectivity index (χ4n) is 6.27. The summed E-state index contributed by atoms with van der Waals surface area (Å²) in [5, 5.41) is 4.25. The highest BCUT2D eigenvalue weighted by Crippen LogP contribution is 2.34. The van der Waals surface area contributed by atoms with Gasteiger partial charge in [0.15, 0.2) is 5.82 Å². The molecule has 214 valence electrons. The number of fused-ring (bicyclic) bond motifs is 5. The summed E-state index contributed by atoms with van der Waals surface area (Å²) >= 11 is 0. The molecule has 5 aromatic carbocycles. The smallest absolute Gasteiger partial charge is 0.162 e. The number of rotatable bonds is 4. The number of para-hydroxylation sites is 2. The van der Waals surface area contributed by atoms with Gasteiger partial charge < -0.3 is 0 Å². The zero-order chi connectivity index (χ0) is 30.5. The molecule has 46 heavy (non-hydrogen) atoms. The van der Waals surface area contributed by atoms with Crippen LogP contribution in [0.2, 0.25) is 0 Å². The summed E-state index contributed by atoms with van der Waals surface area (Å²) in [7, 11) is 0. The summed E-state index contributed by atoms with van der Waals surface area (Å²) in [6.07, 6.45) is 3.64. The summed E-state index contributed by atoms with van der Waals surface area (Å²) < 4.78 is 0. The van der Waals surface area contributed by atoms with Gasteiger partial charge in [0, 0.05) is 50.6 Å². The predicted molar refractivity (Wildman–Crippen MR) is 187 cm³/mol. The number of hydrogen-bond donors (Lipinski definition) is 0. The van der Waals surface area contributed by atoms with Crippen molar-refractivity contribution in [3.05, 3.63) is 152 Å². The number of nitrogens with zero attached hydrogens (tertiary/aromatic N) is 5. The largest absolute Gasteiger partial charge is 0.255 e. The van der Waals surface area contributed by atoms with Gasteiger partial charge in [-0.05, 0) is 47.5 Å². The molecule has 0 atom stereocenters. The molecule has 0 aliphatic heterocycles. The summed E-state index contributed by atoms with van der Waals surface area (Å²) in [5.41, 5.74) is 10.7. The van der Waals surface area contributed by atoms with E-state index in [-0.39, 0.29) is 0 Å². The van der Waals surface area contributed by atoms with Crippen LogP contribution in [0.1, 0.15) is 0 Å². The molecule has 4 heterocycles. The summed E-state index contributed by atoms with van der Waals surface area (Å²) in [4.78, 5) is 24.4. The topological polar surface area (TPSA) is 64.5 Å². The van der Waals surface area contributed by atoms with Crippen molar-refractivity contribution >= 4 is 43.6 Å². The van der Waals surface area contributed by atoms with Crippen molar-refractivity contribution < 1.29 is 0 Å². The minimum Gasteiger partial charge on any atom is -0.255 e. The molecule has 5 heteroatoms. The molecule has 9 aromatic rings. The van der Waals surface area contributed by atoms with E-state index < -0.39 is 0 Å². The maximum absolute atomic E-state index is 5.16. The van der Waals surface area contributed by atoms with Crippen LogP contribution in [-0.4, -0.2) is 24.9 Å². The number of aromatic nitrogens is 5. The van der Waals surface area contributed by atoms with Crippen molar-refractivity contribution in [2.75, 3.05) is 0 Å². The molecule has 0 saturated carbocycles. The molecular formula is C41H25N5. The molecule has 0 spiro atoms. The molecule has 0 aliphatic rings. The Balaban J connectivity index is 1.11. The number of hydrogen-bond acceptors (Lipinski definition) is 5. The maximum Gasteiger partial charge on any atom is 0.162 e. The van der Waals surface area contributed by atoms with Gasteiger partial charge in [0.2, 0.25) is 0 Å². The van der Waals surface area contributed by atoms with Crippen molar-refractivity contribution in [2.24, 2.45) is 0 Å². The van der Waals surface area contributed by atoms with E-state index in [9.17, 15) is 0 Å². The molecule has 0 fully saturated rings. The maximum atomic E-state index is 5.16. The minimum absolute atomic E-state index is 0.665. The van der Waals surface area contributed by atoms with E-state index in [1.54, 1.807) is 0 Å². The minimum atomic E-state index is 0.665. The van der Waals surface area contributed by atoms with E-state index >= 15 is 0 Å². The second-order valence-corrected chi connectivity index (χ2v) is 11.4. The molecule has 0 amide bonds. The molecule has 0 saturated heterocycles. The van der Waals surface area contributed by atoms with E-state index in [0.717, 1.165) is 82.8 Å².